The maximum atomic E-state index is 11.2. The lowest BCUT2D eigenvalue weighted by Crippen LogP contribution is -2.26. The number of carbonyl (C=O) groups excluding carboxylic acids is 1. The molecular formula is C11H10BN3O. The number of hydrogen-bond acceptors (Lipinski definition) is 2. The van der Waals surface area contributed by atoms with Crippen molar-refractivity contribution in [1.82, 2.24) is 10.3 Å². The van der Waals surface area contributed by atoms with Gasteiger partial charge in [0.05, 0.1) is 26.2 Å². The van der Waals surface area contributed by atoms with Crippen LogP contribution in [0.1, 0.15) is 23.7 Å². The summed E-state index contributed by atoms with van der Waals surface area (Å²) in [5, 5.41) is 2.82. The van der Waals surface area contributed by atoms with E-state index >= 15 is 0 Å². The van der Waals surface area contributed by atoms with Gasteiger partial charge in [-0.1, -0.05) is 0 Å². The number of nitrogens with zero attached hydrogens (tertiary/aromatic N) is 2. The summed E-state index contributed by atoms with van der Waals surface area (Å²) in [4.78, 5) is 18.7. The lowest BCUT2D eigenvalue weighted by molar-refractivity contribution is -0.119. The van der Waals surface area contributed by atoms with E-state index in [0.717, 1.165) is 24.1 Å². The van der Waals surface area contributed by atoms with Crippen molar-refractivity contribution in [1.29, 1.82) is 0 Å². The Hall–Kier alpha value is -1.83. The van der Waals surface area contributed by atoms with Crippen molar-refractivity contribution in [2.45, 2.75) is 25.2 Å². The minimum atomic E-state index is -0.172. The Morgan fingerprint density at radius 1 is 1.75 bits per heavy atom. The number of amides is 1. The van der Waals surface area contributed by atoms with Gasteiger partial charge in [0, 0.05) is 6.20 Å². The van der Waals surface area contributed by atoms with Crippen LogP contribution in [-0.4, -0.2) is 18.7 Å². The predicted octanol–water partition coefficient (Wildman–Crippen LogP) is 1.32. The van der Waals surface area contributed by atoms with Crippen LogP contribution in [0.4, 0.5) is 5.69 Å². The summed E-state index contributed by atoms with van der Waals surface area (Å²) in [6.45, 7) is 6.90. The van der Waals surface area contributed by atoms with E-state index in [1.807, 2.05) is 6.07 Å². The number of hydrogen-bond donors (Lipinski definition) is 1. The molecule has 1 aromatic heterocycles. The van der Waals surface area contributed by atoms with Crippen LogP contribution in [0, 0.1) is 6.57 Å². The number of aryl methyl sites for hydroxylation is 1. The first-order valence-corrected chi connectivity index (χ1v) is 5.10. The van der Waals surface area contributed by atoms with Crippen molar-refractivity contribution in [2.24, 2.45) is 0 Å². The van der Waals surface area contributed by atoms with Crippen molar-refractivity contribution in [2.75, 3.05) is 0 Å². The van der Waals surface area contributed by atoms with E-state index in [2.05, 4.69) is 15.1 Å². The van der Waals surface area contributed by atoms with Gasteiger partial charge in [0.15, 0.2) is 0 Å². The Morgan fingerprint density at radius 3 is 3.25 bits per heavy atom. The summed E-state index contributed by atoms with van der Waals surface area (Å²) in [7, 11) is 5.24. The zero-order valence-electron chi connectivity index (χ0n) is 8.73. The molecule has 1 N–H and O–H groups in total. The molecule has 0 bridgehead atoms. The predicted molar refractivity (Wildman–Crippen MR) is 60.3 cm³/mol. The van der Waals surface area contributed by atoms with E-state index in [9.17, 15) is 4.79 Å². The van der Waals surface area contributed by atoms with Crippen LogP contribution in [0.25, 0.3) is 4.85 Å². The molecule has 0 saturated carbocycles. The van der Waals surface area contributed by atoms with Gasteiger partial charge in [0.2, 0.25) is 11.6 Å². The largest absolute Gasteiger partial charge is 0.348 e. The third kappa shape index (κ3) is 1.92. The first-order chi connectivity index (χ1) is 7.74. The molecule has 0 fully saturated rings. The smallest absolute Gasteiger partial charge is 0.211 e. The molecule has 1 unspecified atom stereocenters. The number of carbonyl (C=O) groups is 1. The molecule has 1 heterocycles. The fourth-order valence-electron chi connectivity index (χ4n) is 1.91. The molecule has 0 saturated heterocycles. The Labute approximate surface area is 95.3 Å². The molecule has 5 heteroatoms. The van der Waals surface area contributed by atoms with Gasteiger partial charge in [-0.25, -0.2) is 4.85 Å². The highest BCUT2D eigenvalue weighted by atomic mass is 16.1. The van der Waals surface area contributed by atoms with E-state index in [1.54, 1.807) is 6.20 Å². The fraction of sp³-hybridized carbons (Fsp3) is 0.364. The maximum absolute atomic E-state index is 11.2. The van der Waals surface area contributed by atoms with Crippen LogP contribution in [-0.2, 0) is 11.2 Å². The molecule has 2 rings (SSSR count). The first-order valence-electron chi connectivity index (χ1n) is 5.10. The second-order valence-electron chi connectivity index (χ2n) is 3.71. The standard InChI is InChI=1S/C11H10BN3O/c1-13-8-4-7-2-3-9(11(7)14-6-8)15-10(16)5-12/h4,6,9H,2-3,5H2,(H,15,16). The number of nitrogens with one attached hydrogen (secondary N) is 1. The number of rotatable bonds is 2. The molecule has 0 spiro atoms. The second-order valence-corrected chi connectivity index (χ2v) is 3.71. The van der Waals surface area contributed by atoms with E-state index in [1.165, 1.54) is 0 Å². The normalized spacial score (nSPS) is 17.6. The summed E-state index contributed by atoms with van der Waals surface area (Å²) in [6.07, 6.45) is 3.21. The Morgan fingerprint density at radius 2 is 2.56 bits per heavy atom. The van der Waals surface area contributed by atoms with Gasteiger partial charge in [-0.3, -0.25) is 9.78 Å². The van der Waals surface area contributed by atoms with Crippen molar-refractivity contribution in [3.8, 4) is 0 Å². The van der Waals surface area contributed by atoms with Crippen LogP contribution in [0.5, 0.6) is 0 Å². The van der Waals surface area contributed by atoms with E-state index in [4.69, 9.17) is 14.4 Å². The highest BCUT2D eigenvalue weighted by Crippen LogP contribution is 2.31. The summed E-state index contributed by atoms with van der Waals surface area (Å²) in [6, 6.07) is 1.79. The van der Waals surface area contributed by atoms with Crippen molar-refractivity contribution in [3.63, 3.8) is 0 Å². The second kappa shape index (κ2) is 4.36. The third-order valence-corrected chi connectivity index (χ3v) is 2.67. The van der Waals surface area contributed by atoms with Crippen LogP contribution in [0.2, 0.25) is 6.32 Å². The van der Waals surface area contributed by atoms with E-state index in [0.29, 0.717) is 5.69 Å². The Balaban J connectivity index is 2.21. The molecule has 1 aliphatic carbocycles. The van der Waals surface area contributed by atoms with Gasteiger partial charge >= 0.3 is 0 Å². The van der Waals surface area contributed by atoms with Gasteiger partial charge < -0.3 is 5.32 Å². The molecule has 1 amide bonds. The highest BCUT2D eigenvalue weighted by Gasteiger charge is 2.24. The summed E-state index contributed by atoms with van der Waals surface area (Å²) in [5.74, 6) is -0.172. The van der Waals surface area contributed by atoms with Gasteiger partial charge in [0.25, 0.3) is 0 Å². The molecule has 2 radical (unpaired) electrons. The van der Waals surface area contributed by atoms with E-state index in [-0.39, 0.29) is 18.3 Å². The van der Waals surface area contributed by atoms with E-state index < -0.39 is 0 Å². The number of fused-ring (bicyclic) bond motifs is 1. The molecule has 78 valence electrons. The molecule has 1 atom stereocenters. The minimum Gasteiger partial charge on any atom is -0.348 e. The zero-order chi connectivity index (χ0) is 11.5. The van der Waals surface area contributed by atoms with Crippen molar-refractivity contribution < 1.29 is 4.79 Å². The van der Waals surface area contributed by atoms with Crippen LogP contribution >= 0.6 is 0 Å². The van der Waals surface area contributed by atoms with Gasteiger partial charge in [0.1, 0.15) is 0 Å². The minimum absolute atomic E-state index is 0.00797. The molecule has 0 aromatic carbocycles. The average molecular weight is 211 g/mol. The monoisotopic (exact) mass is 211 g/mol. The highest BCUT2D eigenvalue weighted by molar-refractivity contribution is 6.19. The number of pyridine rings is 1. The van der Waals surface area contributed by atoms with Gasteiger partial charge in [-0.05, 0) is 30.8 Å². The Bertz CT molecular complexity index is 467. The van der Waals surface area contributed by atoms with Crippen LogP contribution < -0.4 is 5.32 Å². The lowest BCUT2D eigenvalue weighted by Gasteiger charge is -2.12. The van der Waals surface area contributed by atoms with Crippen molar-refractivity contribution in [3.05, 3.63) is 34.9 Å². The van der Waals surface area contributed by atoms with Gasteiger partial charge in [-0.15, -0.1) is 0 Å². The number of aromatic nitrogens is 1. The summed E-state index contributed by atoms with van der Waals surface area (Å²) >= 11 is 0. The van der Waals surface area contributed by atoms with Crippen LogP contribution in [0.3, 0.4) is 0 Å². The lowest BCUT2D eigenvalue weighted by atomic mass is 10.0. The third-order valence-electron chi connectivity index (χ3n) is 2.67. The molecule has 4 nitrogen and oxygen atoms in total. The summed E-state index contributed by atoms with van der Waals surface area (Å²) < 4.78 is 0. The van der Waals surface area contributed by atoms with Crippen molar-refractivity contribution >= 4 is 19.4 Å². The SMILES string of the molecule is [B]CC(=O)NC1CCc2cc([N+]#[C-])cnc21. The fourth-order valence-corrected chi connectivity index (χ4v) is 1.91. The van der Waals surface area contributed by atoms with Gasteiger partial charge in [-0.2, -0.15) is 0 Å². The molecule has 1 aromatic rings. The topological polar surface area (TPSA) is 46.4 Å². The maximum Gasteiger partial charge on any atom is 0.211 e. The first kappa shape index (κ1) is 10.7. The average Bonchev–Trinajstić information content (AvgIpc) is 2.71. The molecule has 1 aliphatic rings. The Kier molecular flexibility index (Phi) is 2.91. The molecule has 16 heavy (non-hydrogen) atoms. The quantitative estimate of drug-likeness (QED) is 0.592. The van der Waals surface area contributed by atoms with Crippen LogP contribution in [0.15, 0.2) is 12.3 Å². The molecular weight excluding hydrogens is 201 g/mol. The summed E-state index contributed by atoms with van der Waals surface area (Å²) in [5.41, 5.74) is 2.47. The molecule has 0 aliphatic heterocycles. The zero-order valence-corrected chi connectivity index (χ0v) is 8.73.